The summed E-state index contributed by atoms with van der Waals surface area (Å²) in [6.45, 7) is 4.37. The van der Waals surface area contributed by atoms with Crippen LogP contribution < -0.4 is 0 Å². The molecule has 0 bridgehead atoms. The maximum Gasteiger partial charge on any atom is 0.147 e. The molecule has 0 radical (unpaired) electrons. The van der Waals surface area contributed by atoms with Crippen molar-refractivity contribution in [2.45, 2.75) is 26.8 Å². The number of nitriles is 1. The second-order valence-electron chi connectivity index (χ2n) is 2.34. The van der Waals surface area contributed by atoms with Gasteiger partial charge in [-0.2, -0.15) is 10.4 Å². The van der Waals surface area contributed by atoms with E-state index in [0.717, 1.165) is 11.6 Å². The first-order chi connectivity index (χ1) is 5.24. The van der Waals surface area contributed by atoms with Crippen LogP contribution in [0.25, 0.3) is 0 Å². The summed E-state index contributed by atoms with van der Waals surface area (Å²) in [5.74, 6) is 1.64. The van der Waals surface area contributed by atoms with Crippen molar-refractivity contribution in [3.05, 3.63) is 11.6 Å². The highest BCUT2D eigenvalue weighted by atomic mass is 15.3. The zero-order valence-corrected chi connectivity index (χ0v) is 6.70. The van der Waals surface area contributed by atoms with Crippen LogP contribution in [0, 0.1) is 25.2 Å². The van der Waals surface area contributed by atoms with Crippen LogP contribution in [0.3, 0.4) is 0 Å². The molecule has 0 aromatic carbocycles. The second kappa shape index (κ2) is 3.15. The Bertz CT molecular complexity index is 281. The number of hydrogen-bond donors (Lipinski definition) is 0. The number of aryl methyl sites for hydroxylation is 3. The minimum absolute atomic E-state index is 0.490. The van der Waals surface area contributed by atoms with Gasteiger partial charge in [0.2, 0.25) is 0 Å². The number of rotatable bonds is 2. The third-order valence-corrected chi connectivity index (χ3v) is 1.40. The summed E-state index contributed by atoms with van der Waals surface area (Å²) in [5.41, 5.74) is 0. The van der Waals surface area contributed by atoms with Gasteiger partial charge in [-0.3, -0.25) is 0 Å². The van der Waals surface area contributed by atoms with Crippen molar-refractivity contribution >= 4 is 0 Å². The molecule has 0 fully saturated rings. The van der Waals surface area contributed by atoms with E-state index in [1.807, 2.05) is 13.8 Å². The van der Waals surface area contributed by atoms with Crippen molar-refractivity contribution < 1.29 is 0 Å². The fraction of sp³-hybridized carbons (Fsp3) is 0.571. The molecule has 1 aromatic rings. The average Bonchev–Trinajstić information content (AvgIpc) is 2.26. The summed E-state index contributed by atoms with van der Waals surface area (Å²) in [6, 6.07) is 2.06. The van der Waals surface area contributed by atoms with Gasteiger partial charge in [0.05, 0.1) is 19.0 Å². The lowest BCUT2D eigenvalue weighted by atomic mass is 10.5. The molecule has 0 atom stereocenters. The highest BCUT2D eigenvalue weighted by Crippen LogP contribution is 1.96. The molecule has 0 amide bonds. The smallest absolute Gasteiger partial charge is 0.147 e. The molecule has 0 unspecified atom stereocenters. The van der Waals surface area contributed by atoms with Crippen LogP contribution in [0.1, 0.15) is 18.1 Å². The van der Waals surface area contributed by atoms with Crippen molar-refractivity contribution in [3.63, 3.8) is 0 Å². The monoisotopic (exact) mass is 150 g/mol. The lowest BCUT2D eigenvalue weighted by Gasteiger charge is -1.95. The molecule has 0 N–H and O–H groups in total. The summed E-state index contributed by atoms with van der Waals surface area (Å²) in [6.07, 6.45) is 0.490. The molecule has 0 aliphatic heterocycles. The maximum atomic E-state index is 8.31. The summed E-state index contributed by atoms with van der Waals surface area (Å²) in [5, 5.41) is 12.4. The van der Waals surface area contributed by atoms with Crippen molar-refractivity contribution in [2.24, 2.45) is 0 Å². The maximum absolute atomic E-state index is 8.31. The van der Waals surface area contributed by atoms with Gasteiger partial charge in [-0.25, -0.2) is 9.67 Å². The first kappa shape index (κ1) is 7.73. The minimum Gasteiger partial charge on any atom is -0.249 e. The Morgan fingerprint density at radius 3 is 2.73 bits per heavy atom. The topological polar surface area (TPSA) is 54.5 Å². The molecule has 1 heterocycles. The second-order valence-corrected chi connectivity index (χ2v) is 2.34. The van der Waals surface area contributed by atoms with Crippen LogP contribution in [0.15, 0.2) is 0 Å². The Hall–Kier alpha value is -1.37. The molecule has 0 aliphatic carbocycles. The van der Waals surface area contributed by atoms with E-state index in [9.17, 15) is 0 Å². The van der Waals surface area contributed by atoms with Crippen molar-refractivity contribution in [1.82, 2.24) is 14.8 Å². The molecule has 1 aromatic heterocycles. The standard InChI is InChI=1S/C7H10N4/c1-6-9-7(2)11(10-6)5-3-4-8/h3,5H2,1-2H3. The van der Waals surface area contributed by atoms with Crippen LogP contribution in [0.5, 0.6) is 0 Å². The van der Waals surface area contributed by atoms with E-state index in [-0.39, 0.29) is 0 Å². The quantitative estimate of drug-likeness (QED) is 0.626. The summed E-state index contributed by atoms with van der Waals surface area (Å²) >= 11 is 0. The molecule has 0 saturated carbocycles. The van der Waals surface area contributed by atoms with Crippen molar-refractivity contribution in [1.29, 1.82) is 5.26 Å². The summed E-state index contributed by atoms with van der Waals surface area (Å²) < 4.78 is 1.75. The molecule has 1 rings (SSSR count). The van der Waals surface area contributed by atoms with Gasteiger partial charge in [0.1, 0.15) is 11.6 Å². The van der Waals surface area contributed by atoms with E-state index in [4.69, 9.17) is 5.26 Å². The van der Waals surface area contributed by atoms with E-state index in [2.05, 4.69) is 16.2 Å². The number of hydrogen-bond acceptors (Lipinski definition) is 3. The number of nitrogens with zero attached hydrogens (tertiary/aromatic N) is 4. The highest BCUT2D eigenvalue weighted by Gasteiger charge is 1.99. The Balaban J connectivity index is 2.71. The van der Waals surface area contributed by atoms with Crippen LogP contribution >= 0.6 is 0 Å². The van der Waals surface area contributed by atoms with E-state index >= 15 is 0 Å². The normalized spacial score (nSPS) is 9.55. The van der Waals surface area contributed by atoms with Gasteiger partial charge >= 0.3 is 0 Å². The Morgan fingerprint density at radius 2 is 2.27 bits per heavy atom. The number of aromatic nitrogens is 3. The van der Waals surface area contributed by atoms with Gasteiger partial charge in [0.25, 0.3) is 0 Å². The van der Waals surface area contributed by atoms with Gasteiger partial charge in [-0.05, 0) is 13.8 Å². The SMILES string of the molecule is Cc1nc(C)n(CCC#N)n1. The first-order valence-electron chi connectivity index (χ1n) is 3.49. The molecule has 11 heavy (non-hydrogen) atoms. The van der Waals surface area contributed by atoms with Crippen LogP contribution in [0.4, 0.5) is 0 Å². The van der Waals surface area contributed by atoms with Crippen LogP contribution in [-0.4, -0.2) is 14.8 Å². The van der Waals surface area contributed by atoms with Crippen molar-refractivity contribution in [2.75, 3.05) is 0 Å². The molecule has 58 valence electrons. The summed E-state index contributed by atoms with van der Waals surface area (Å²) in [7, 11) is 0. The predicted octanol–water partition coefficient (Wildman–Crippen LogP) is 0.809. The summed E-state index contributed by atoms with van der Waals surface area (Å²) in [4.78, 5) is 4.11. The fourth-order valence-electron chi connectivity index (χ4n) is 0.929. The fourth-order valence-corrected chi connectivity index (χ4v) is 0.929. The Kier molecular flexibility index (Phi) is 2.21. The zero-order chi connectivity index (χ0) is 8.27. The molecular weight excluding hydrogens is 140 g/mol. The van der Waals surface area contributed by atoms with E-state index in [0.29, 0.717) is 13.0 Å². The lowest BCUT2D eigenvalue weighted by Crippen LogP contribution is -2.01. The lowest BCUT2D eigenvalue weighted by molar-refractivity contribution is 0.603. The third kappa shape index (κ3) is 1.77. The minimum atomic E-state index is 0.490. The van der Waals surface area contributed by atoms with Crippen LogP contribution in [0.2, 0.25) is 0 Å². The van der Waals surface area contributed by atoms with E-state index in [1.165, 1.54) is 0 Å². The Labute approximate surface area is 65.5 Å². The molecular formula is C7H10N4. The van der Waals surface area contributed by atoms with E-state index in [1.54, 1.807) is 4.68 Å². The van der Waals surface area contributed by atoms with Gasteiger partial charge in [-0.15, -0.1) is 0 Å². The van der Waals surface area contributed by atoms with Crippen LogP contribution in [-0.2, 0) is 6.54 Å². The van der Waals surface area contributed by atoms with Gasteiger partial charge in [0, 0.05) is 0 Å². The van der Waals surface area contributed by atoms with Gasteiger partial charge in [-0.1, -0.05) is 0 Å². The molecule has 0 saturated heterocycles. The highest BCUT2D eigenvalue weighted by molar-refractivity contribution is 4.88. The third-order valence-electron chi connectivity index (χ3n) is 1.40. The zero-order valence-electron chi connectivity index (χ0n) is 6.70. The largest absolute Gasteiger partial charge is 0.249 e. The average molecular weight is 150 g/mol. The van der Waals surface area contributed by atoms with Crippen molar-refractivity contribution in [3.8, 4) is 6.07 Å². The molecule has 4 heteroatoms. The van der Waals surface area contributed by atoms with Gasteiger partial charge in [0.15, 0.2) is 0 Å². The predicted molar refractivity (Wildman–Crippen MR) is 39.7 cm³/mol. The molecule has 0 spiro atoms. The first-order valence-corrected chi connectivity index (χ1v) is 3.49. The molecule has 0 aliphatic rings. The Morgan fingerprint density at radius 1 is 1.55 bits per heavy atom. The molecule has 4 nitrogen and oxygen atoms in total. The van der Waals surface area contributed by atoms with Gasteiger partial charge < -0.3 is 0 Å². The van der Waals surface area contributed by atoms with E-state index < -0.39 is 0 Å².